The Bertz CT molecular complexity index is 676. The fraction of sp³-hybridized carbons (Fsp3) is 0.188. The molecular weight excluding hydrogens is 307 g/mol. The summed E-state index contributed by atoms with van der Waals surface area (Å²) in [5.41, 5.74) is 2.20. The third-order valence-electron chi connectivity index (χ3n) is 3.42. The van der Waals surface area contributed by atoms with Crippen LogP contribution in [0.2, 0.25) is 5.02 Å². The molecule has 21 heavy (non-hydrogen) atoms. The van der Waals surface area contributed by atoms with E-state index in [-0.39, 0.29) is 0 Å². The van der Waals surface area contributed by atoms with Crippen LogP contribution in [0.4, 0.5) is 0 Å². The molecule has 0 spiro atoms. The van der Waals surface area contributed by atoms with Gasteiger partial charge in [0.25, 0.3) is 0 Å². The van der Waals surface area contributed by atoms with Crippen molar-refractivity contribution in [2.75, 3.05) is 0 Å². The van der Waals surface area contributed by atoms with Crippen molar-refractivity contribution in [3.8, 4) is 11.1 Å². The smallest absolute Gasteiger partial charge is 0.324 e. The van der Waals surface area contributed by atoms with Gasteiger partial charge in [0.05, 0.1) is 5.66 Å². The van der Waals surface area contributed by atoms with E-state index >= 15 is 0 Å². The maximum atomic E-state index is 11.8. The second kappa shape index (κ2) is 6.33. The molecule has 1 atom stereocenters. The van der Waals surface area contributed by atoms with Crippen LogP contribution >= 0.6 is 19.2 Å². The van der Waals surface area contributed by atoms with Gasteiger partial charge >= 0.3 is 7.60 Å². The van der Waals surface area contributed by atoms with Gasteiger partial charge in [0.1, 0.15) is 0 Å². The molecule has 5 heteroatoms. The van der Waals surface area contributed by atoms with Crippen LogP contribution in [-0.4, -0.2) is 9.79 Å². The Morgan fingerprint density at radius 2 is 1.81 bits per heavy atom. The molecule has 1 radical (unpaired) electrons. The molecule has 111 valence electrons. The summed E-state index contributed by atoms with van der Waals surface area (Å²) in [7, 11) is -4.23. The van der Waals surface area contributed by atoms with E-state index in [0.717, 1.165) is 16.7 Å². The molecule has 0 aliphatic carbocycles. The molecule has 0 heterocycles. The van der Waals surface area contributed by atoms with Crippen molar-refractivity contribution >= 4 is 19.2 Å². The second-order valence-corrected chi connectivity index (χ2v) is 7.18. The van der Waals surface area contributed by atoms with E-state index in [1.54, 1.807) is 25.1 Å². The van der Waals surface area contributed by atoms with E-state index in [0.29, 0.717) is 17.0 Å². The van der Waals surface area contributed by atoms with Crippen molar-refractivity contribution in [1.29, 1.82) is 0 Å². The van der Waals surface area contributed by atoms with Gasteiger partial charge in [-0.1, -0.05) is 48.9 Å². The highest BCUT2D eigenvalue weighted by atomic mass is 35.5. The Kier molecular flexibility index (Phi) is 4.90. The Balaban J connectivity index is 2.62. The molecule has 2 N–H and O–H groups in total. The maximum Gasteiger partial charge on any atom is 0.332 e. The highest BCUT2D eigenvalue weighted by Gasteiger charge is 2.30. The van der Waals surface area contributed by atoms with E-state index in [1.807, 2.05) is 24.3 Å². The van der Waals surface area contributed by atoms with E-state index in [1.165, 1.54) is 0 Å². The lowest BCUT2D eigenvalue weighted by Gasteiger charge is -2.21. The van der Waals surface area contributed by atoms with Crippen LogP contribution in [0.25, 0.3) is 11.1 Å². The number of halogens is 1. The van der Waals surface area contributed by atoms with Gasteiger partial charge in [0.2, 0.25) is 0 Å². The van der Waals surface area contributed by atoms with Gasteiger partial charge in [-0.2, -0.15) is 0 Å². The molecule has 0 amide bonds. The van der Waals surface area contributed by atoms with E-state index < -0.39 is 13.3 Å². The zero-order chi connectivity index (χ0) is 15.6. The van der Waals surface area contributed by atoms with Gasteiger partial charge in [0.15, 0.2) is 0 Å². The lowest BCUT2D eigenvalue weighted by molar-refractivity contribution is 0.357. The molecule has 1 unspecified atom stereocenters. The standard InChI is InChI=1S/C16H17ClO3P/c1-3-16(21(18,19)20)15-10-11(2)4-9-14(15)12-5-7-13(17)8-6-12/h4-10,16H,2-3H2,1H3,(H2,18,19,20). The van der Waals surface area contributed by atoms with Crippen LogP contribution in [-0.2, 0) is 4.57 Å². The van der Waals surface area contributed by atoms with Gasteiger partial charge in [-0.15, -0.1) is 0 Å². The Morgan fingerprint density at radius 1 is 1.19 bits per heavy atom. The Morgan fingerprint density at radius 3 is 2.33 bits per heavy atom. The lowest BCUT2D eigenvalue weighted by atomic mass is 9.95. The van der Waals surface area contributed by atoms with Crippen molar-refractivity contribution in [2.45, 2.75) is 19.0 Å². The van der Waals surface area contributed by atoms with Gasteiger partial charge in [0, 0.05) is 5.02 Å². The fourth-order valence-electron chi connectivity index (χ4n) is 2.42. The normalized spacial score (nSPS) is 13.2. The van der Waals surface area contributed by atoms with Gasteiger partial charge in [-0.25, -0.2) is 0 Å². The van der Waals surface area contributed by atoms with E-state index in [2.05, 4.69) is 6.92 Å². The molecule has 2 aromatic carbocycles. The molecule has 0 aliphatic heterocycles. The molecule has 3 nitrogen and oxygen atoms in total. The number of hydrogen-bond acceptors (Lipinski definition) is 1. The van der Waals surface area contributed by atoms with E-state index in [4.69, 9.17) is 11.6 Å². The first-order valence-electron chi connectivity index (χ1n) is 6.60. The summed E-state index contributed by atoms with van der Waals surface area (Å²) in [5.74, 6) is 0. The monoisotopic (exact) mass is 323 g/mol. The number of rotatable bonds is 4. The molecule has 0 saturated carbocycles. The predicted molar refractivity (Wildman–Crippen MR) is 86.4 cm³/mol. The molecule has 0 aromatic heterocycles. The van der Waals surface area contributed by atoms with Crippen LogP contribution < -0.4 is 0 Å². The molecule has 2 aromatic rings. The molecule has 0 bridgehead atoms. The first kappa shape index (κ1) is 16.3. The number of hydrogen-bond donors (Lipinski definition) is 2. The van der Waals surface area contributed by atoms with Crippen molar-refractivity contribution < 1.29 is 14.4 Å². The summed E-state index contributed by atoms with van der Waals surface area (Å²) < 4.78 is 11.8. The summed E-state index contributed by atoms with van der Waals surface area (Å²) >= 11 is 5.89. The van der Waals surface area contributed by atoms with Crippen molar-refractivity contribution in [1.82, 2.24) is 0 Å². The van der Waals surface area contributed by atoms with Crippen molar-refractivity contribution in [3.63, 3.8) is 0 Å². The van der Waals surface area contributed by atoms with Crippen molar-refractivity contribution in [3.05, 3.63) is 65.5 Å². The second-order valence-electron chi connectivity index (χ2n) is 4.94. The Hall–Kier alpha value is -1.12. The molecule has 0 saturated heterocycles. The van der Waals surface area contributed by atoms with E-state index in [9.17, 15) is 14.4 Å². The van der Waals surface area contributed by atoms with Gasteiger partial charge in [-0.05, 0) is 47.7 Å². The molecular formula is C16H17ClO3P. The third-order valence-corrected chi connectivity index (χ3v) is 5.13. The van der Waals surface area contributed by atoms with Gasteiger partial charge in [-0.3, -0.25) is 4.57 Å². The average Bonchev–Trinajstić information content (AvgIpc) is 2.39. The minimum atomic E-state index is -4.23. The lowest BCUT2D eigenvalue weighted by Crippen LogP contribution is -2.01. The summed E-state index contributed by atoms with van der Waals surface area (Å²) in [6.07, 6.45) is 0.355. The summed E-state index contributed by atoms with van der Waals surface area (Å²) in [5, 5.41) is 0.621. The highest BCUT2D eigenvalue weighted by molar-refractivity contribution is 7.52. The zero-order valence-corrected chi connectivity index (χ0v) is 13.3. The Labute approximate surface area is 129 Å². The fourth-order valence-corrected chi connectivity index (χ4v) is 3.60. The minimum Gasteiger partial charge on any atom is -0.324 e. The molecule has 0 fully saturated rings. The van der Waals surface area contributed by atoms with Crippen LogP contribution in [0.15, 0.2) is 42.5 Å². The molecule has 0 aliphatic rings. The third kappa shape index (κ3) is 3.75. The quantitative estimate of drug-likeness (QED) is 0.793. The zero-order valence-electron chi connectivity index (χ0n) is 11.7. The average molecular weight is 324 g/mol. The summed E-state index contributed by atoms with van der Waals surface area (Å²) in [6.45, 7) is 5.62. The van der Waals surface area contributed by atoms with Crippen LogP contribution in [0.3, 0.4) is 0 Å². The van der Waals surface area contributed by atoms with Gasteiger partial charge < -0.3 is 9.79 Å². The number of benzene rings is 2. The molecule has 2 rings (SSSR count). The SMILES string of the molecule is [CH2]c1ccc(-c2ccc(Cl)cc2)c(C(CC)P(=O)(O)O)c1. The predicted octanol–water partition coefficient (Wildman–Crippen LogP) is 4.82. The summed E-state index contributed by atoms with van der Waals surface area (Å²) in [4.78, 5) is 19.2. The van der Waals surface area contributed by atoms with Crippen molar-refractivity contribution in [2.24, 2.45) is 0 Å². The maximum absolute atomic E-state index is 11.8. The first-order valence-corrected chi connectivity index (χ1v) is 8.66. The minimum absolute atomic E-state index is 0.355. The largest absolute Gasteiger partial charge is 0.332 e. The topological polar surface area (TPSA) is 57.5 Å². The first-order chi connectivity index (χ1) is 9.82. The highest BCUT2D eigenvalue weighted by Crippen LogP contribution is 2.55. The van der Waals surface area contributed by atoms with Crippen LogP contribution in [0, 0.1) is 6.92 Å². The van der Waals surface area contributed by atoms with Crippen LogP contribution in [0.5, 0.6) is 0 Å². The summed E-state index contributed by atoms with van der Waals surface area (Å²) in [6, 6.07) is 12.6. The van der Waals surface area contributed by atoms with Crippen LogP contribution in [0.1, 0.15) is 30.1 Å².